The van der Waals surface area contributed by atoms with Crippen molar-refractivity contribution in [2.24, 2.45) is 0 Å². The van der Waals surface area contributed by atoms with Crippen LogP contribution < -0.4 is 10.6 Å². The van der Waals surface area contributed by atoms with E-state index in [4.69, 9.17) is 12.2 Å². The zero-order valence-corrected chi connectivity index (χ0v) is 21.3. The van der Waals surface area contributed by atoms with Gasteiger partial charge in [-0.15, -0.1) is 0 Å². The highest BCUT2D eigenvalue weighted by Gasteiger charge is 2.42. The number of carbonyl (C=O) groups is 1. The molecule has 1 aromatic carbocycles. The van der Waals surface area contributed by atoms with Gasteiger partial charge in [0.2, 0.25) is 5.91 Å². The number of nitrogens with one attached hydrogen (secondary N) is 2. The number of thiocarbonyl (C=S) groups is 1. The minimum Gasteiger partial charge on any atom is -0.352 e. The van der Waals surface area contributed by atoms with Crippen LogP contribution >= 0.6 is 12.2 Å². The van der Waals surface area contributed by atoms with Crippen molar-refractivity contribution in [1.82, 2.24) is 24.8 Å². The number of nitrogens with zero attached hydrogens (tertiary/aromatic N) is 4. The molecule has 8 heteroatoms. The van der Waals surface area contributed by atoms with Crippen molar-refractivity contribution in [3.8, 4) is 5.82 Å². The molecule has 0 bridgehead atoms. The van der Waals surface area contributed by atoms with Gasteiger partial charge >= 0.3 is 0 Å². The number of carbonyl (C=O) groups excluding carboxylic acids is 1. The molecule has 182 valence electrons. The first kappa shape index (κ1) is 23.7. The fourth-order valence-electron chi connectivity index (χ4n) is 4.92. The van der Waals surface area contributed by atoms with Crippen molar-refractivity contribution >= 4 is 28.9 Å². The van der Waals surface area contributed by atoms with E-state index in [9.17, 15) is 4.79 Å². The first-order chi connectivity index (χ1) is 17.4. The predicted octanol–water partition coefficient (Wildman–Crippen LogP) is 4.80. The van der Waals surface area contributed by atoms with Gasteiger partial charge in [-0.2, -0.15) is 0 Å². The Morgan fingerprint density at radius 2 is 1.75 bits per heavy atom. The largest absolute Gasteiger partial charge is 0.352 e. The minimum atomic E-state index is -0.224. The van der Waals surface area contributed by atoms with Gasteiger partial charge in [0.15, 0.2) is 5.11 Å². The third-order valence-corrected chi connectivity index (χ3v) is 6.90. The van der Waals surface area contributed by atoms with Crippen molar-refractivity contribution in [3.63, 3.8) is 0 Å². The standard InChI is InChI=1S/C28H28N6OS/c1-18-10-9-15-30-27(18)34-19(2)16-22(20(34)3)26-25(23-13-7-8-14-29-23)32-28(36)33(26)17-24(35)31-21-11-5-4-6-12-21/h4-16,25-26H,17H2,1-3H3,(H,31,35)(H,32,36). The Balaban J connectivity index is 1.55. The number of aryl methyl sites for hydroxylation is 2. The maximum Gasteiger partial charge on any atom is 0.244 e. The third-order valence-electron chi connectivity index (χ3n) is 6.55. The summed E-state index contributed by atoms with van der Waals surface area (Å²) in [6.45, 7) is 6.34. The highest BCUT2D eigenvalue weighted by atomic mass is 32.1. The molecule has 1 saturated heterocycles. The van der Waals surface area contributed by atoms with E-state index in [2.05, 4.69) is 58.1 Å². The molecule has 0 spiro atoms. The third kappa shape index (κ3) is 4.47. The average molecular weight is 497 g/mol. The summed E-state index contributed by atoms with van der Waals surface area (Å²) in [7, 11) is 0. The van der Waals surface area contributed by atoms with Gasteiger partial charge in [0, 0.05) is 29.5 Å². The minimum absolute atomic E-state index is 0.112. The highest BCUT2D eigenvalue weighted by Crippen LogP contribution is 2.41. The van der Waals surface area contributed by atoms with Crippen LogP contribution in [0.15, 0.2) is 79.1 Å². The second kappa shape index (κ2) is 9.91. The van der Waals surface area contributed by atoms with Crippen LogP contribution in [-0.4, -0.2) is 37.0 Å². The molecule has 1 amide bonds. The lowest BCUT2D eigenvalue weighted by Crippen LogP contribution is -2.37. The topological polar surface area (TPSA) is 75.1 Å². The molecule has 4 heterocycles. The van der Waals surface area contributed by atoms with Crippen LogP contribution in [0.5, 0.6) is 0 Å². The van der Waals surface area contributed by atoms with E-state index in [0.29, 0.717) is 5.11 Å². The molecule has 0 radical (unpaired) electrons. The first-order valence-corrected chi connectivity index (χ1v) is 12.3. The summed E-state index contributed by atoms with van der Waals surface area (Å²) >= 11 is 5.76. The SMILES string of the molecule is Cc1cccnc1-n1c(C)cc(C2C(c3ccccn3)NC(=S)N2CC(=O)Nc2ccccc2)c1C. The summed E-state index contributed by atoms with van der Waals surface area (Å²) in [5.74, 6) is 0.765. The van der Waals surface area contributed by atoms with Crippen LogP contribution in [0.3, 0.4) is 0 Å². The molecule has 2 unspecified atom stereocenters. The number of pyridine rings is 2. The molecule has 1 aliphatic heterocycles. The maximum absolute atomic E-state index is 13.1. The Morgan fingerprint density at radius 3 is 2.47 bits per heavy atom. The van der Waals surface area contributed by atoms with E-state index in [1.165, 1.54) is 0 Å². The van der Waals surface area contributed by atoms with E-state index in [1.807, 2.05) is 65.7 Å². The molecule has 2 atom stereocenters. The molecule has 1 aliphatic rings. The van der Waals surface area contributed by atoms with Crippen LogP contribution in [0, 0.1) is 20.8 Å². The molecule has 3 aromatic heterocycles. The summed E-state index contributed by atoms with van der Waals surface area (Å²) in [6, 6.07) is 21.0. The molecule has 1 fully saturated rings. The predicted molar refractivity (Wildman–Crippen MR) is 145 cm³/mol. The van der Waals surface area contributed by atoms with Crippen molar-refractivity contribution in [3.05, 3.63) is 107 Å². The lowest BCUT2D eigenvalue weighted by atomic mass is 9.96. The smallest absolute Gasteiger partial charge is 0.244 e. The Labute approximate surface area is 216 Å². The molecule has 0 saturated carbocycles. The number of anilines is 1. The summed E-state index contributed by atoms with van der Waals surface area (Å²) in [6.07, 6.45) is 3.59. The number of hydrogen-bond acceptors (Lipinski definition) is 4. The molecular weight excluding hydrogens is 468 g/mol. The van der Waals surface area contributed by atoms with E-state index >= 15 is 0 Å². The summed E-state index contributed by atoms with van der Waals surface area (Å²) < 4.78 is 2.17. The second-order valence-electron chi connectivity index (χ2n) is 8.97. The highest BCUT2D eigenvalue weighted by molar-refractivity contribution is 7.80. The maximum atomic E-state index is 13.1. The number of para-hydroxylation sites is 1. The second-order valence-corrected chi connectivity index (χ2v) is 9.36. The molecule has 4 aromatic rings. The number of benzene rings is 1. The van der Waals surface area contributed by atoms with Crippen molar-refractivity contribution in [2.45, 2.75) is 32.9 Å². The van der Waals surface area contributed by atoms with Crippen LogP contribution in [-0.2, 0) is 4.79 Å². The van der Waals surface area contributed by atoms with E-state index in [1.54, 1.807) is 6.20 Å². The Bertz CT molecular complexity index is 1400. The average Bonchev–Trinajstić information content (AvgIpc) is 3.35. The van der Waals surface area contributed by atoms with Crippen LogP contribution in [0.25, 0.3) is 5.82 Å². The van der Waals surface area contributed by atoms with Crippen LogP contribution in [0.1, 0.15) is 40.3 Å². The lowest BCUT2D eigenvalue weighted by molar-refractivity contribution is -0.116. The number of rotatable bonds is 6. The van der Waals surface area contributed by atoms with Gasteiger partial charge in [0.25, 0.3) is 0 Å². The van der Waals surface area contributed by atoms with Gasteiger partial charge in [0.05, 0.1) is 17.8 Å². The van der Waals surface area contributed by atoms with Gasteiger partial charge < -0.3 is 20.1 Å². The molecule has 0 aliphatic carbocycles. The summed E-state index contributed by atoms with van der Waals surface area (Å²) in [5.41, 5.74) is 5.91. The molecule has 2 N–H and O–H groups in total. The van der Waals surface area contributed by atoms with Crippen molar-refractivity contribution in [1.29, 1.82) is 0 Å². The Kier molecular flexibility index (Phi) is 6.52. The van der Waals surface area contributed by atoms with Gasteiger partial charge in [-0.05, 0) is 80.5 Å². The van der Waals surface area contributed by atoms with Gasteiger partial charge in [0.1, 0.15) is 12.4 Å². The van der Waals surface area contributed by atoms with Crippen LogP contribution in [0.2, 0.25) is 0 Å². The Morgan fingerprint density at radius 1 is 1.00 bits per heavy atom. The summed E-state index contributed by atoms with van der Waals surface area (Å²) in [5, 5.41) is 6.94. The van der Waals surface area contributed by atoms with Crippen LogP contribution in [0.4, 0.5) is 5.69 Å². The normalized spacial score (nSPS) is 17.2. The van der Waals surface area contributed by atoms with Gasteiger partial charge in [-0.1, -0.05) is 30.3 Å². The van der Waals surface area contributed by atoms with Crippen molar-refractivity contribution in [2.75, 3.05) is 11.9 Å². The molecule has 36 heavy (non-hydrogen) atoms. The Hall–Kier alpha value is -4.04. The van der Waals surface area contributed by atoms with Gasteiger partial charge in [-0.25, -0.2) is 4.98 Å². The van der Waals surface area contributed by atoms with E-state index in [-0.39, 0.29) is 24.5 Å². The van der Waals surface area contributed by atoms with Crippen molar-refractivity contribution < 1.29 is 4.79 Å². The molecule has 7 nitrogen and oxygen atoms in total. The monoisotopic (exact) mass is 496 g/mol. The van der Waals surface area contributed by atoms with Gasteiger partial charge in [-0.3, -0.25) is 9.78 Å². The first-order valence-electron chi connectivity index (χ1n) is 11.9. The quantitative estimate of drug-likeness (QED) is 0.374. The number of aromatic nitrogens is 3. The molecular formula is C28H28N6OS. The fraction of sp³-hybridized carbons (Fsp3) is 0.214. The number of amides is 1. The van der Waals surface area contributed by atoms with E-state index < -0.39 is 0 Å². The van der Waals surface area contributed by atoms with E-state index in [0.717, 1.165) is 39.7 Å². The number of hydrogen-bond donors (Lipinski definition) is 2. The summed E-state index contributed by atoms with van der Waals surface area (Å²) in [4.78, 5) is 24.3. The zero-order valence-electron chi connectivity index (χ0n) is 20.5. The zero-order chi connectivity index (χ0) is 25.2. The fourth-order valence-corrected chi connectivity index (χ4v) is 5.22. The lowest BCUT2D eigenvalue weighted by Gasteiger charge is -2.27. The molecule has 5 rings (SSSR count).